The van der Waals surface area contributed by atoms with E-state index >= 15 is 0 Å². The van der Waals surface area contributed by atoms with Crippen LogP contribution in [0, 0.1) is 0 Å². The first-order valence-electron chi connectivity index (χ1n) is 21.8. The molecule has 0 rings (SSSR count). The monoisotopic (exact) mass is 860 g/mol. The van der Waals surface area contributed by atoms with Crippen LogP contribution in [-0.2, 0) is 32.7 Å². The normalized spacial score (nSPS) is 15.7. The van der Waals surface area contributed by atoms with E-state index in [0.717, 1.165) is 57.8 Å². The van der Waals surface area contributed by atoms with E-state index in [1.165, 1.54) is 0 Å². The summed E-state index contributed by atoms with van der Waals surface area (Å²) in [7, 11) is 1.02. The Morgan fingerprint density at radius 2 is 1.22 bits per heavy atom. The molecule has 2 N–H and O–H groups in total. The van der Waals surface area contributed by atoms with Crippen LogP contribution in [-0.4, -0.2) is 92.5 Å². The van der Waals surface area contributed by atoms with Crippen molar-refractivity contribution in [1.29, 1.82) is 0 Å². The van der Waals surface area contributed by atoms with E-state index < -0.39 is 44.7 Å². The molecule has 0 fully saturated rings. The quantitative estimate of drug-likeness (QED) is 0.0154. The molecule has 12 heteroatoms. The van der Waals surface area contributed by atoms with Gasteiger partial charge in [-0.05, 0) is 70.6 Å². The Hall–Kier alpha value is -3.41. The number of phosphoric acid groups is 1. The van der Waals surface area contributed by atoms with Gasteiger partial charge in [0.25, 0.3) is 7.82 Å². The van der Waals surface area contributed by atoms with Crippen molar-refractivity contribution in [1.82, 2.24) is 0 Å². The number of nitrogens with zero attached hydrogens (tertiary/aromatic N) is 1. The average molecular weight is 860 g/mol. The number of aliphatic hydroxyl groups is 2. The van der Waals surface area contributed by atoms with Crippen molar-refractivity contribution in [3.63, 3.8) is 0 Å². The van der Waals surface area contributed by atoms with E-state index in [0.29, 0.717) is 43.1 Å². The first-order chi connectivity index (χ1) is 28.8. The van der Waals surface area contributed by atoms with Crippen molar-refractivity contribution < 1.29 is 52.3 Å². The van der Waals surface area contributed by atoms with Crippen LogP contribution in [0.1, 0.15) is 117 Å². The largest absolute Gasteiger partial charge is 0.756 e. The zero-order chi connectivity index (χ0) is 44.6. The van der Waals surface area contributed by atoms with E-state index in [1.54, 1.807) is 30.4 Å². The summed E-state index contributed by atoms with van der Waals surface area (Å²) < 4.78 is 33.7. The fraction of sp³-hybridized carbons (Fsp3) is 0.583. The summed E-state index contributed by atoms with van der Waals surface area (Å²) in [4.78, 5) is 37.5. The molecule has 60 heavy (non-hydrogen) atoms. The number of allylic oxidation sites excluding steroid dienone is 14. The first kappa shape index (κ1) is 56.6. The van der Waals surface area contributed by atoms with E-state index in [4.69, 9.17) is 18.5 Å². The SMILES string of the molecule is CC/C=C\C/C=C\C/C=C\CCCCCCCC(=O)O[C@H](COC(=O)CCC/C=C\[C@H](O)/C=C/C=C\C/C=C\C=C\[C@H](O)C/C=C\CC)COP(=O)([O-])OCC[N+](C)(C)C. The molecule has 4 atom stereocenters. The first-order valence-corrected chi connectivity index (χ1v) is 23.3. The third-order valence-corrected chi connectivity index (χ3v) is 9.43. The highest BCUT2D eigenvalue weighted by Gasteiger charge is 2.21. The highest BCUT2D eigenvalue weighted by atomic mass is 31.2. The minimum absolute atomic E-state index is 0.0744. The van der Waals surface area contributed by atoms with Crippen molar-refractivity contribution in [3.05, 3.63) is 109 Å². The second kappa shape index (κ2) is 38.5. The number of hydrogen-bond acceptors (Lipinski definition) is 10. The second-order valence-electron chi connectivity index (χ2n) is 15.3. The number of phosphoric ester groups is 1. The fourth-order valence-electron chi connectivity index (χ4n) is 5.05. The molecular formula is C48H78NO10P. The van der Waals surface area contributed by atoms with Gasteiger partial charge in [-0.25, -0.2) is 0 Å². The molecule has 0 saturated carbocycles. The molecule has 0 amide bonds. The molecule has 0 saturated heterocycles. The lowest BCUT2D eigenvalue weighted by Crippen LogP contribution is -2.37. The van der Waals surface area contributed by atoms with Crippen LogP contribution in [0.15, 0.2) is 109 Å². The number of likely N-dealkylation sites (N-methyl/N-ethyl adjacent to an activating group) is 1. The Balaban J connectivity index is 4.66. The Kier molecular flexibility index (Phi) is 36.3. The maximum atomic E-state index is 12.7. The lowest BCUT2D eigenvalue weighted by molar-refractivity contribution is -0.870. The number of rotatable bonds is 37. The van der Waals surface area contributed by atoms with Gasteiger partial charge in [0.05, 0.1) is 40.0 Å². The molecule has 0 heterocycles. The van der Waals surface area contributed by atoms with E-state index in [-0.39, 0.29) is 26.1 Å². The van der Waals surface area contributed by atoms with Crippen molar-refractivity contribution in [3.8, 4) is 0 Å². The Morgan fingerprint density at radius 1 is 0.633 bits per heavy atom. The van der Waals surface area contributed by atoms with E-state index in [1.807, 2.05) is 63.7 Å². The number of unbranched alkanes of at least 4 members (excludes halogenated alkanes) is 6. The van der Waals surface area contributed by atoms with Gasteiger partial charge in [-0.2, -0.15) is 0 Å². The Labute approximate surface area is 362 Å². The lowest BCUT2D eigenvalue weighted by atomic mass is 10.1. The summed E-state index contributed by atoms with van der Waals surface area (Å²) >= 11 is 0. The molecule has 0 aliphatic heterocycles. The van der Waals surface area contributed by atoms with Gasteiger partial charge in [-0.15, -0.1) is 0 Å². The van der Waals surface area contributed by atoms with Gasteiger partial charge in [0.2, 0.25) is 0 Å². The molecule has 0 aromatic rings. The number of esters is 2. The predicted molar refractivity (Wildman–Crippen MR) is 243 cm³/mol. The molecule has 0 aromatic heterocycles. The van der Waals surface area contributed by atoms with Gasteiger partial charge in [0.15, 0.2) is 6.10 Å². The number of carbonyl (C=O) groups excluding carboxylic acids is 2. The summed E-state index contributed by atoms with van der Waals surface area (Å²) in [5, 5.41) is 20.0. The molecule has 1 unspecified atom stereocenters. The maximum Gasteiger partial charge on any atom is 0.306 e. The van der Waals surface area contributed by atoms with Crippen LogP contribution in [0.2, 0.25) is 0 Å². The van der Waals surface area contributed by atoms with Crippen LogP contribution >= 0.6 is 7.82 Å². The van der Waals surface area contributed by atoms with Crippen LogP contribution in [0.4, 0.5) is 0 Å². The van der Waals surface area contributed by atoms with Gasteiger partial charge in [-0.3, -0.25) is 14.2 Å². The number of hydrogen-bond donors (Lipinski definition) is 2. The summed E-state index contributed by atoms with van der Waals surface area (Å²) in [5.41, 5.74) is 0. The molecule has 340 valence electrons. The fourth-order valence-corrected chi connectivity index (χ4v) is 5.78. The molecule has 0 radical (unpaired) electrons. The van der Waals surface area contributed by atoms with Gasteiger partial charge in [0.1, 0.15) is 19.8 Å². The van der Waals surface area contributed by atoms with Crippen molar-refractivity contribution in [2.45, 2.75) is 135 Å². The van der Waals surface area contributed by atoms with Crippen LogP contribution < -0.4 is 4.89 Å². The lowest BCUT2D eigenvalue weighted by Gasteiger charge is -2.28. The van der Waals surface area contributed by atoms with Gasteiger partial charge in [-0.1, -0.05) is 142 Å². The highest BCUT2D eigenvalue weighted by Crippen LogP contribution is 2.38. The molecule has 0 bridgehead atoms. The van der Waals surface area contributed by atoms with E-state index in [2.05, 4.69) is 50.3 Å². The Bertz CT molecular complexity index is 1420. The predicted octanol–water partition coefficient (Wildman–Crippen LogP) is 9.66. The number of ether oxygens (including phenoxy) is 2. The number of carbonyl (C=O) groups is 2. The van der Waals surface area contributed by atoms with Crippen molar-refractivity contribution >= 4 is 19.8 Å². The minimum atomic E-state index is -4.69. The average Bonchev–Trinajstić information content (AvgIpc) is 3.19. The summed E-state index contributed by atoms with van der Waals surface area (Å²) in [6, 6.07) is 0. The van der Waals surface area contributed by atoms with Crippen LogP contribution in [0.25, 0.3) is 0 Å². The summed E-state index contributed by atoms with van der Waals surface area (Å²) in [6.45, 7) is 3.64. The molecule has 0 aliphatic carbocycles. The standard InChI is InChI=1S/C48H78NO10P/c1-6-8-10-11-12-13-14-15-16-17-18-19-23-26-32-39-48(53)59-46(43-58-60(54,55)57-41-40-49(3,4)5)42-56-47(52)38-33-27-31-37-45(51)36-30-25-22-20-21-24-29-35-44(50)34-28-9-7-2/h8-10,12-13,15-16,21-22,24-25,28-31,35-37,44-46,50-51H,6-7,11,14,17-20,23,26-27,32-34,38-43H2,1-5H3/b10-8-,13-12-,16-15-,24-21-,25-22-,28-9-,35-29+,36-30+,37-31-/t44-,45-,46-/m1/s1. The molecule has 11 nitrogen and oxygen atoms in total. The number of aliphatic hydroxyl groups excluding tert-OH is 2. The zero-order valence-corrected chi connectivity index (χ0v) is 38.2. The zero-order valence-electron chi connectivity index (χ0n) is 37.3. The molecule has 0 spiro atoms. The highest BCUT2D eigenvalue weighted by molar-refractivity contribution is 7.45. The third kappa shape index (κ3) is 41.3. The summed E-state index contributed by atoms with van der Waals surface area (Å²) in [5.74, 6) is -1.05. The molecule has 0 aromatic carbocycles. The van der Waals surface area contributed by atoms with Crippen LogP contribution in [0.5, 0.6) is 0 Å². The number of quaternary nitrogens is 1. The maximum absolute atomic E-state index is 12.7. The smallest absolute Gasteiger partial charge is 0.306 e. The topological polar surface area (TPSA) is 152 Å². The van der Waals surface area contributed by atoms with Crippen molar-refractivity contribution in [2.24, 2.45) is 0 Å². The minimum Gasteiger partial charge on any atom is -0.756 e. The van der Waals surface area contributed by atoms with Gasteiger partial charge in [0, 0.05) is 12.8 Å². The third-order valence-electron chi connectivity index (χ3n) is 8.46. The molecular weight excluding hydrogens is 781 g/mol. The Morgan fingerprint density at radius 3 is 1.92 bits per heavy atom. The van der Waals surface area contributed by atoms with E-state index in [9.17, 15) is 29.3 Å². The summed E-state index contributed by atoms with van der Waals surface area (Å²) in [6.07, 6.45) is 44.8. The van der Waals surface area contributed by atoms with Crippen molar-refractivity contribution in [2.75, 3.05) is 47.5 Å². The van der Waals surface area contributed by atoms with Gasteiger partial charge >= 0.3 is 11.9 Å². The molecule has 0 aliphatic rings. The second-order valence-corrected chi connectivity index (χ2v) is 16.8. The van der Waals surface area contributed by atoms with Crippen LogP contribution in [0.3, 0.4) is 0 Å². The van der Waals surface area contributed by atoms with Gasteiger partial charge < -0.3 is 38.1 Å².